The van der Waals surface area contributed by atoms with Crippen LogP contribution in [0.4, 0.5) is 0 Å². The lowest BCUT2D eigenvalue weighted by atomic mass is 9.82. The van der Waals surface area contributed by atoms with Gasteiger partial charge in [0, 0.05) is 5.39 Å². The molecule has 0 spiro atoms. The smallest absolute Gasteiger partial charge is 0.117 e. The summed E-state index contributed by atoms with van der Waals surface area (Å²) in [4.78, 5) is 0. The van der Waals surface area contributed by atoms with Crippen molar-refractivity contribution in [2.45, 2.75) is 18.4 Å². The largest absolute Gasteiger partial charge is 0.380 e. The van der Waals surface area contributed by atoms with Crippen molar-refractivity contribution in [2.75, 3.05) is 0 Å². The topological polar surface area (TPSA) is 38.1 Å². The third-order valence-electron chi connectivity index (χ3n) is 5.39. The number of benzene rings is 3. The minimum absolute atomic E-state index is 0.284. The SMILES string of the molecule is OC(c1ccccc1)(c1ccc2c(cnn2-c2ccccc2)c1)C1CC1. The molecular formula is C23H20N2O. The Bertz CT molecular complexity index is 1050. The average Bonchev–Trinajstić information content (AvgIpc) is 3.48. The van der Waals surface area contributed by atoms with Gasteiger partial charge in [-0.2, -0.15) is 5.10 Å². The van der Waals surface area contributed by atoms with Crippen LogP contribution in [-0.4, -0.2) is 14.9 Å². The molecule has 1 aliphatic carbocycles. The molecule has 0 amide bonds. The van der Waals surface area contributed by atoms with Crippen LogP contribution >= 0.6 is 0 Å². The Hall–Kier alpha value is -2.91. The minimum Gasteiger partial charge on any atom is -0.380 e. The first kappa shape index (κ1) is 15.4. The summed E-state index contributed by atoms with van der Waals surface area (Å²) in [5, 5.41) is 17.2. The summed E-state index contributed by atoms with van der Waals surface area (Å²) in [7, 11) is 0. The molecule has 3 aromatic carbocycles. The molecule has 3 heteroatoms. The maximum absolute atomic E-state index is 11.6. The second kappa shape index (κ2) is 5.82. The summed E-state index contributed by atoms with van der Waals surface area (Å²) in [5.74, 6) is 0.284. The summed E-state index contributed by atoms with van der Waals surface area (Å²) >= 11 is 0. The van der Waals surface area contributed by atoms with Crippen molar-refractivity contribution in [3.05, 3.63) is 96.2 Å². The zero-order valence-corrected chi connectivity index (χ0v) is 14.4. The number of aromatic nitrogens is 2. The van der Waals surface area contributed by atoms with Gasteiger partial charge >= 0.3 is 0 Å². The Balaban J connectivity index is 1.64. The van der Waals surface area contributed by atoms with E-state index >= 15 is 0 Å². The van der Waals surface area contributed by atoms with E-state index in [-0.39, 0.29) is 5.92 Å². The van der Waals surface area contributed by atoms with E-state index in [1.807, 2.05) is 71.5 Å². The molecule has 1 aliphatic rings. The van der Waals surface area contributed by atoms with Crippen LogP contribution in [0, 0.1) is 5.92 Å². The van der Waals surface area contributed by atoms with Crippen molar-refractivity contribution in [3.8, 4) is 5.69 Å². The summed E-state index contributed by atoms with van der Waals surface area (Å²) in [6, 6.07) is 26.4. The van der Waals surface area contributed by atoms with Gasteiger partial charge < -0.3 is 5.11 Å². The standard InChI is InChI=1S/C23H20N2O/c26-23(19-11-12-19,18-7-3-1-4-8-18)20-13-14-22-17(15-20)16-24-25(22)21-9-5-2-6-10-21/h1-10,13-16,19,26H,11-12H2. The van der Waals surface area contributed by atoms with Crippen LogP contribution in [0.25, 0.3) is 16.6 Å². The van der Waals surface area contributed by atoms with E-state index < -0.39 is 5.60 Å². The summed E-state index contributed by atoms with van der Waals surface area (Å²) in [6.45, 7) is 0. The van der Waals surface area contributed by atoms with Gasteiger partial charge in [-0.05, 0) is 54.2 Å². The van der Waals surface area contributed by atoms with Crippen LogP contribution in [0.15, 0.2) is 85.1 Å². The number of nitrogens with zero attached hydrogens (tertiary/aromatic N) is 2. The van der Waals surface area contributed by atoms with Crippen molar-refractivity contribution in [1.29, 1.82) is 0 Å². The fourth-order valence-corrected chi connectivity index (χ4v) is 3.88. The van der Waals surface area contributed by atoms with E-state index in [9.17, 15) is 5.11 Å². The Morgan fingerprint density at radius 1 is 0.846 bits per heavy atom. The molecule has 0 aliphatic heterocycles. The first-order valence-corrected chi connectivity index (χ1v) is 9.08. The van der Waals surface area contributed by atoms with Crippen LogP contribution in [0.5, 0.6) is 0 Å². The van der Waals surface area contributed by atoms with E-state index in [4.69, 9.17) is 0 Å². The van der Waals surface area contributed by atoms with Crippen LogP contribution in [0.2, 0.25) is 0 Å². The van der Waals surface area contributed by atoms with Crippen molar-refractivity contribution in [3.63, 3.8) is 0 Å². The van der Waals surface area contributed by atoms with Gasteiger partial charge in [0.2, 0.25) is 0 Å². The molecule has 128 valence electrons. The van der Waals surface area contributed by atoms with Gasteiger partial charge in [0.15, 0.2) is 0 Å². The number of aliphatic hydroxyl groups is 1. The van der Waals surface area contributed by atoms with Crippen LogP contribution in [0.1, 0.15) is 24.0 Å². The highest BCUT2D eigenvalue weighted by molar-refractivity contribution is 5.81. The first-order chi connectivity index (χ1) is 12.8. The minimum atomic E-state index is -0.926. The highest BCUT2D eigenvalue weighted by atomic mass is 16.3. The van der Waals surface area contributed by atoms with Crippen LogP contribution in [-0.2, 0) is 5.60 Å². The Labute approximate surface area is 152 Å². The lowest BCUT2D eigenvalue weighted by molar-refractivity contribution is 0.0566. The molecule has 1 saturated carbocycles. The molecule has 5 rings (SSSR count). The first-order valence-electron chi connectivity index (χ1n) is 9.08. The summed E-state index contributed by atoms with van der Waals surface area (Å²) < 4.78 is 1.94. The predicted molar refractivity (Wildman–Crippen MR) is 103 cm³/mol. The molecule has 1 heterocycles. The molecule has 1 fully saturated rings. The molecule has 4 aromatic rings. The number of hydrogen-bond acceptors (Lipinski definition) is 2. The molecule has 3 nitrogen and oxygen atoms in total. The highest BCUT2D eigenvalue weighted by Crippen LogP contribution is 2.50. The number of rotatable bonds is 4. The van der Waals surface area contributed by atoms with Crippen molar-refractivity contribution >= 4 is 10.9 Å². The molecule has 0 saturated heterocycles. The molecule has 0 bridgehead atoms. The van der Waals surface area contributed by atoms with Gasteiger partial charge in [-0.25, -0.2) is 4.68 Å². The molecule has 1 aromatic heterocycles. The monoisotopic (exact) mass is 340 g/mol. The molecule has 1 atom stereocenters. The van der Waals surface area contributed by atoms with Gasteiger partial charge in [-0.1, -0.05) is 54.6 Å². The van der Waals surface area contributed by atoms with E-state index in [1.165, 1.54) is 0 Å². The predicted octanol–water partition coefficient (Wildman–Crippen LogP) is 4.67. The van der Waals surface area contributed by atoms with Crippen molar-refractivity contribution < 1.29 is 5.11 Å². The van der Waals surface area contributed by atoms with Crippen LogP contribution < -0.4 is 0 Å². The number of hydrogen-bond donors (Lipinski definition) is 1. The third kappa shape index (κ3) is 2.36. The average molecular weight is 340 g/mol. The van der Waals surface area contributed by atoms with E-state index in [1.54, 1.807) is 0 Å². The number of para-hydroxylation sites is 1. The van der Waals surface area contributed by atoms with Gasteiger partial charge in [-0.15, -0.1) is 0 Å². The Morgan fingerprint density at radius 2 is 1.54 bits per heavy atom. The van der Waals surface area contributed by atoms with Gasteiger partial charge in [0.1, 0.15) is 5.60 Å². The Kier molecular flexibility index (Phi) is 3.44. The van der Waals surface area contributed by atoms with E-state index in [2.05, 4.69) is 23.3 Å². The highest BCUT2D eigenvalue weighted by Gasteiger charge is 2.46. The lowest BCUT2D eigenvalue weighted by Crippen LogP contribution is -2.29. The quantitative estimate of drug-likeness (QED) is 0.586. The molecule has 0 radical (unpaired) electrons. The van der Waals surface area contributed by atoms with Crippen molar-refractivity contribution in [2.24, 2.45) is 5.92 Å². The molecule has 1 unspecified atom stereocenters. The van der Waals surface area contributed by atoms with E-state index in [0.29, 0.717) is 0 Å². The summed E-state index contributed by atoms with van der Waals surface area (Å²) in [5.41, 5.74) is 3.08. The molecule has 26 heavy (non-hydrogen) atoms. The van der Waals surface area contributed by atoms with Gasteiger partial charge in [0.25, 0.3) is 0 Å². The fourth-order valence-electron chi connectivity index (χ4n) is 3.88. The van der Waals surface area contributed by atoms with Gasteiger partial charge in [0.05, 0.1) is 17.4 Å². The summed E-state index contributed by atoms with van der Waals surface area (Å²) in [6.07, 6.45) is 4.00. The second-order valence-corrected chi connectivity index (χ2v) is 7.07. The van der Waals surface area contributed by atoms with Crippen molar-refractivity contribution in [1.82, 2.24) is 9.78 Å². The van der Waals surface area contributed by atoms with E-state index in [0.717, 1.165) is 40.6 Å². The van der Waals surface area contributed by atoms with Crippen LogP contribution in [0.3, 0.4) is 0 Å². The maximum Gasteiger partial charge on any atom is 0.117 e. The number of fused-ring (bicyclic) bond motifs is 1. The molecule has 1 N–H and O–H groups in total. The lowest BCUT2D eigenvalue weighted by Gasteiger charge is -2.29. The second-order valence-electron chi connectivity index (χ2n) is 7.07. The molecular weight excluding hydrogens is 320 g/mol. The Morgan fingerprint density at radius 3 is 2.23 bits per heavy atom. The van der Waals surface area contributed by atoms with Gasteiger partial charge in [-0.3, -0.25) is 0 Å². The zero-order valence-electron chi connectivity index (χ0n) is 14.4. The zero-order chi connectivity index (χ0) is 17.6. The normalized spacial score (nSPS) is 16.5. The fraction of sp³-hybridized carbons (Fsp3) is 0.174. The maximum atomic E-state index is 11.6. The third-order valence-corrected chi connectivity index (χ3v) is 5.39.